The molecule has 0 aliphatic carbocycles. The zero-order valence-electron chi connectivity index (χ0n) is 11.0. The standard InChI is InChI=1S/C14H17ClN2O2/c1-9(2)5-12(18)8-17-14(19)10-3-4-13(15)11(6-10)7-16/h3-4,6,9,12,18H,5,8H2,1-2H3,(H,17,19)/t12-/m1/s1. The van der Waals surface area contributed by atoms with Crippen molar-refractivity contribution in [3.63, 3.8) is 0 Å². The topological polar surface area (TPSA) is 73.1 Å². The number of carbonyl (C=O) groups excluding carboxylic acids is 1. The van der Waals surface area contributed by atoms with Crippen LogP contribution in [-0.4, -0.2) is 23.7 Å². The van der Waals surface area contributed by atoms with Gasteiger partial charge in [0.1, 0.15) is 6.07 Å². The largest absolute Gasteiger partial charge is 0.391 e. The molecule has 0 aliphatic rings. The van der Waals surface area contributed by atoms with Gasteiger partial charge in [-0.3, -0.25) is 4.79 Å². The Morgan fingerprint density at radius 1 is 1.53 bits per heavy atom. The van der Waals surface area contributed by atoms with Gasteiger partial charge in [-0.05, 0) is 30.5 Å². The van der Waals surface area contributed by atoms with Crippen LogP contribution >= 0.6 is 11.6 Å². The molecule has 0 radical (unpaired) electrons. The highest BCUT2D eigenvalue weighted by Crippen LogP contribution is 2.16. The molecule has 4 nitrogen and oxygen atoms in total. The highest BCUT2D eigenvalue weighted by molar-refractivity contribution is 6.31. The number of nitrogens with one attached hydrogen (secondary N) is 1. The summed E-state index contributed by atoms with van der Waals surface area (Å²) in [6.07, 6.45) is 0.0661. The van der Waals surface area contributed by atoms with E-state index in [0.29, 0.717) is 22.9 Å². The van der Waals surface area contributed by atoms with Crippen LogP contribution in [0.1, 0.15) is 36.2 Å². The summed E-state index contributed by atoms with van der Waals surface area (Å²) >= 11 is 5.79. The molecule has 0 aliphatic heterocycles. The summed E-state index contributed by atoms with van der Waals surface area (Å²) in [5.74, 6) is 0.0450. The number of hydrogen-bond donors (Lipinski definition) is 2. The first-order valence-electron chi connectivity index (χ1n) is 6.10. The molecule has 0 unspecified atom stereocenters. The van der Waals surface area contributed by atoms with Gasteiger partial charge in [0.05, 0.1) is 16.7 Å². The Labute approximate surface area is 118 Å². The van der Waals surface area contributed by atoms with Crippen LogP contribution in [0.3, 0.4) is 0 Å². The summed E-state index contributed by atoms with van der Waals surface area (Å²) in [5, 5.41) is 21.5. The molecule has 19 heavy (non-hydrogen) atoms. The molecule has 0 aromatic heterocycles. The Balaban J connectivity index is 2.62. The van der Waals surface area contributed by atoms with Gasteiger partial charge < -0.3 is 10.4 Å². The second-order valence-corrected chi connectivity index (χ2v) is 5.21. The molecular formula is C14H17ClN2O2. The molecule has 5 heteroatoms. The van der Waals surface area contributed by atoms with E-state index in [1.807, 2.05) is 19.9 Å². The quantitative estimate of drug-likeness (QED) is 0.869. The van der Waals surface area contributed by atoms with E-state index in [-0.39, 0.29) is 18.0 Å². The summed E-state index contributed by atoms with van der Waals surface area (Å²) in [4.78, 5) is 11.8. The Kier molecular flexibility index (Phi) is 5.81. The van der Waals surface area contributed by atoms with Crippen LogP contribution in [0.15, 0.2) is 18.2 Å². The van der Waals surface area contributed by atoms with Gasteiger partial charge in [0.2, 0.25) is 0 Å². The molecule has 1 aromatic rings. The fourth-order valence-corrected chi connectivity index (χ4v) is 1.85. The van der Waals surface area contributed by atoms with E-state index in [1.54, 1.807) is 6.07 Å². The van der Waals surface area contributed by atoms with Gasteiger partial charge in [0, 0.05) is 12.1 Å². The lowest BCUT2D eigenvalue weighted by Crippen LogP contribution is -2.32. The first-order chi connectivity index (χ1) is 8.93. The number of rotatable bonds is 5. The summed E-state index contributed by atoms with van der Waals surface area (Å²) in [6.45, 7) is 4.20. The molecule has 2 N–H and O–H groups in total. The third-order valence-electron chi connectivity index (χ3n) is 2.59. The molecule has 102 valence electrons. The van der Waals surface area contributed by atoms with Gasteiger partial charge in [0.15, 0.2) is 0 Å². The van der Waals surface area contributed by atoms with Crippen molar-refractivity contribution in [1.82, 2.24) is 5.32 Å². The molecular weight excluding hydrogens is 264 g/mol. The highest BCUT2D eigenvalue weighted by atomic mass is 35.5. The van der Waals surface area contributed by atoms with E-state index in [1.165, 1.54) is 12.1 Å². The first kappa shape index (κ1) is 15.5. The van der Waals surface area contributed by atoms with Crippen molar-refractivity contribution < 1.29 is 9.90 Å². The maximum atomic E-state index is 11.8. The predicted octanol–water partition coefficient (Wildman–Crippen LogP) is 2.35. The third-order valence-corrected chi connectivity index (χ3v) is 2.92. The number of nitrogens with zero attached hydrogens (tertiary/aromatic N) is 1. The van der Waals surface area contributed by atoms with Gasteiger partial charge in [-0.2, -0.15) is 5.26 Å². The number of aliphatic hydroxyl groups is 1. The minimum absolute atomic E-state index is 0.196. The third kappa shape index (κ3) is 4.90. The second-order valence-electron chi connectivity index (χ2n) is 4.80. The van der Waals surface area contributed by atoms with Crippen LogP contribution < -0.4 is 5.32 Å². The Morgan fingerprint density at radius 2 is 2.21 bits per heavy atom. The molecule has 0 heterocycles. The number of nitriles is 1. The van der Waals surface area contributed by atoms with Crippen molar-refractivity contribution in [2.24, 2.45) is 5.92 Å². The smallest absolute Gasteiger partial charge is 0.251 e. The summed E-state index contributed by atoms with van der Waals surface area (Å²) < 4.78 is 0. The molecule has 0 spiro atoms. The van der Waals surface area contributed by atoms with Crippen LogP contribution in [-0.2, 0) is 0 Å². The van der Waals surface area contributed by atoms with Crippen LogP contribution in [0.5, 0.6) is 0 Å². The summed E-state index contributed by atoms with van der Waals surface area (Å²) in [6, 6.07) is 6.42. The van der Waals surface area contributed by atoms with Crippen molar-refractivity contribution in [1.29, 1.82) is 5.26 Å². The van der Waals surface area contributed by atoms with Crippen molar-refractivity contribution in [2.45, 2.75) is 26.4 Å². The van der Waals surface area contributed by atoms with Crippen molar-refractivity contribution in [3.05, 3.63) is 34.3 Å². The molecule has 0 saturated carbocycles. The molecule has 1 rings (SSSR count). The number of amides is 1. The van der Waals surface area contributed by atoms with Crippen molar-refractivity contribution in [3.8, 4) is 6.07 Å². The Bertz CT molecular complexity index is 495. The van der Waals surface area contributed by atoms with Crippen LogP contribution in [0.4, 0.5) is 0 Å². The fourth-order valence-electron chi connectivity index (χ4n) is 1.69. The Hall–Kier alpha value is -1.57. The van der Waals surface area contributed by atoms with E-state index in [9.17, 15) is 9.90 Å². The van der Waals surface area contributed by atoms with Gasteiger partial charge in [-0.25, -0.2) is 0 Å². The van der Waals surface area contributed by atoms with Gasteiger partial charge in [-0.1, -0.05) is 25.4 Å². The van der Waals surface area contributed by atoms with Crippen molar-refractivity contribution >= 4 is 17.5 Å². The molecule has 0 bridgehead atoms. The average molecular weight is 281 g/mol. The Morgan fingerprint density at radius 3 is 2.79 bits per heavy atom. The lowest BCUT2D eigenvalue weighted by molar-refractivity contribution is 0.0900. The van der Waals surface area contributed by atoms with Crippen LogP contribution in [0.2, 0.25) is 5.02 Å². The first-order valence-corrected chi connectivity index (χ1v) is 6.47. The van der Waals surface area contributed by atoms with Crippen molar-refractivity contribution in [2.75, 3.05) is 6.54 Å². The van der Waals surface area contributed by atoms with Crippen LogP contribution in [0, 0.1) is 17.2 Å². The minimum Gasteiger partial charge on any atom is -0.391 e. The van der Waals surface area contributed by atoms with Gasteiger partial charge in [0.25, 0.3) is 5.91 Å². The maximum absolute atomic E-state index is 11.8. The second kappa shape index (κ2) is 7.13. The lowest BCUT2D eigenvalue weighted by Gasteiger charge is -2.14. The number of aliphatic hydroxyl groups excluding tert-OH is 1. The maximum Gasteiger partial charge on any atom is 0.251 e. The lowest BCUT2D eigenvalue weighted by atomic mass is 10.1. The molecule has 0 fully saturated rings. The predicted molar refractivity (Wildman–Crippen MR) is 74.0 cm³/mol. The monoisotopic (exact) mass is 280 g/mol. The van der Waals surface area contributed by atoms with E-state index in [4.69, 9.17) is 16.9 Å². The molecule has 1 amide bonds. The average Bonchev–Trinajstić information content (AvgIpc) is 2.35. The summed E-state index contributed by atoms with van der Waals surface area (Å²) in [7, 11) is 0. The van der Waals surface area contributed by atoms with E-state index in [2.05, 4.69) is 5.32 Å². The van der Waals surface area contributed by atoms with E-state index in [0.717, 1.165) is 0 Å². The van der Waals surface area contributed by atoms with E-state index < -0.39 is 6.10 Å². The normalized spacial score (nSPS) is 12.0. The molecule has 0 saturated heterocycles. The zero-order chi connectivity index (χ0) is 14.4. The molecule has 1 atom stereocenters. The van der Waals surface area contributed by atoms with Gasteiger partial charge >= 0.3 is 0 Å². The number of carbonyl (C=O) groups is 1. The molecule has 1 aromatic carbocycles. The zero-order valence-corrected chi connectivity index (χ0v) is 11.7. The number of hydrogen-bond acceptors (Lipinski definition) is 3. The minimum atomic E-state index is -0.563. The number of halogens is 1. The fraction of sp³-hybridized carbons (Fsp3) is 0.429. The SMILES string of the molecule is CC(C)C[C@@H](O)CNC(=O)c1ccc(Cl)c(C#N)c1. The van der Waals surface area contributed by atoms with Gasteiger partial charge in [-0.15, -0.1) is 0 Å². The van der Waals surface area contributed by atoms with Crippen LogP contribution in [0.25, 0.3) is 0 Å². The summed E-state index contributed by atoms with van der Waals surface area (Å²) in [5.41, 5.74) is 0.620. The van der Waals surface area contributed by atoms with E-state index >= 15 is 0 Å². The number of benzene rings is 1. The highest BCUT2D eigenvalue weighted by Gasteiger charge is 2.11.